The number of unbranched alkanes of at least 4 members (excludes halogenated alkanes) is 1. The third-order valence-corrected chi connectivity index (χ3v) is 10.9. The van der Waals surface area contributed by atoms with Gasteiger partial charge in [0.2, 0.25) is 0 Å². The van der Waals surface area contributed by atoms with Crippen LogP contribution < -0.4 is 0 Å². The summed E-state index contributed by atoms with van der Waals surface area (Å²) in [6.07, 6.45) is 31.0. The molecule has 0 aromatic rings. The van der Waals surface area contributed by atoms with Crippen LogP contribution in [0.5, 0.6) is 0 Å². The van der Waals surface area contributed by atoms with Gasteiger partial charge in [-0.2, -0.15) is 0 Å². The minimum Gasteiger partial charge on any atom is -0.0651 e. The van der Waals surface area contributed by atoms with Crippen LogP contribution in [0.25, 0.3) is 0 Å². The zero-order valence-corrected chi connectivity index (χ0v) is 20.8. The van der Waals surface area contributed by atoms with E-state index in [0.717, 1.165) is 47.3 Å². The van der Waals surface area contributed by atoms with Gasteiger partial charge in [0.15, 0.2) is 0 Å². The molecule has 4 rings (SSSR count). The van der Waals surface area contributed by atoms with Gasteiger partial charge in [-0.25, -0.2) is 0 Å². The zero-order valence-electron chi connectivity index (χ0n) is 20.8. The fraction of sp³-hybridized carbons (Fsp3) is 1.00. The van der Waals surface area contributed by atoms with Crippen LogP contribution in [0.3, 0.4) is 0 Å². The first kappa shape index (κ1) is 23.2. The Morgan fingerprint density at radius 1 is 0.567 bits per heavy atom. The fourth-order valence-corrected chi connectivity index (χ4v) is 8.64. The lowest BCUT2D eigenvalue weighted by Crippen LogP contribution is -2.17. The highest BCUT2D eigenvalue weighted by atomic mass is 14.4. The van der Waals surface area contributed by atoms with Crippen molar-refractivity contribution >= 4 is 0 Å². The van der Waals surface area contributed by atoms with Gasteiger partial charge in [0.25, 0.3) is 0 Å². The van der Waals surface area contributed by atoms with Gasteiger partial charge in [0.05, 0.1) is 0 Å². The van der Waals surface area contributed by atoms with Gasteiger partial charge in [-0.15, -0.1) is 0 Å². The summed E-state index contributed by atoms with van der Waals surface area (Å²) in [5.74, 6) is 8.66. The van der Waals surface area contributed by atoms with E-state index in [-0.39, 0.29) is 0 Å². The minimum absolute atomic E-state index is 1.03. The molecule has 5 atom stereocenters. The SMILES string of the molecule is CCC1CCC(CCCCC2CCC(CC3CCC(C4CCCCC4)C3)C2C)CC1. The zero-order chi connectivity index (χ0) is 20.8. The molecule has 4 aliphatic rings. The van der Waals surface area contributed by atoms with Gasteiger partial charge in [-0.1, -0.05) is 110 Å². The molecular weight excluding hydrogens is 360 g/mol. The van der Waals surface area contributed by atoms with E-state index in [4.69, 9.17) is 0 Å². The molecule has 0 heteroatoms. The Morgan fingerprint density at radius 2 is 1.23 bits per heavy atom. The second kappa shape index (κ2) is 11.7. The summed E-state index contributed by atoms with van der Waals surface area (Å²) in [6, 6.07) is 0. The van der Waals surface area contributed by atoms with Crippen molar-refractivity contribution in [2.45, 2.75) is 142 Å². The predicted molar refractivity (Wildman–Crippen MR) is 132 cm³/mol. The molecule has 5 unspecified atom stereocenters. The molecule has 0 amide bonds. The molecule has 4 saturated carbocycles. The van der Waals surface area contributed by atoms with Crippen LogP contribution in [0.15, 0.2) is 0 Å². The maximum Gasteiger partial charge on any atom is -0.0383 e. The van der Waals surface area contributed by atoms with Gasteiger partial charge in [-0.05, 0) is 79.4 Å². The van der Waals surface area contributed by atoms with E-state index in [2.05, 4.69) is 13.8 Å². The van der Waals surface area contributed by atoms with E-state index >= 15 is 0 Å². The molecule has 30 heavy (non-hydrogen) atoms. The Morgan fingerprint density at radius 3 is 2.00 bits per heavy atom. The molecule has 0 N–H and O–H groups in total. The summed E-state index contributed by atoms with van der Waals surface area (Å²) in [5.41, 5.74) is 0. The first-order chi connectivity index (χ1) is 14.7. The van der Waals surface area contributed by atoms with E-state index < -0.39 is 0 Å². The third kappa shape index (κ3) is 6.28. The summed E-state index contributed by atoms with van der Waals surface area (Å²) in [5, 5.41) is 0. The molecule has 174 valence electrons. The molecule has 0 bridgehead atoms. The molecule has 0 aromatic carbocycles. The first-order valence-electron chi connectivity index (χ1n) is 14.7. The van der Waals surface area contributed by atoms with Gasteiger partial charge in [-0.3, -0.25) is 0 Å². The van der Waals surface area contributed by atoms with Crippen LogP contribution in [0.4, 0.5) is 0 Å². The van der Waals surface area contributed by atoms with Gasteiger partial charge >= 0.3 is 0 Å². The molecule has 0 saturated heterocycles. The Hall–Kier alpha value is 0. The van der Waals surface area contributed by atoms with Crippen molar-refractivity contribution in [3.05, 3.63) is 0 Å². The van der Waals surface area contributed by atoms with Crippen LogP contribution in [0.2, 0.25) is 0 Å². The normalized spacial score (nSPS) is 40.8. The molecule has 0 spiro atoms. The standard InChI is InChI=1S/C30H54/c1-3-24-13-15-25(16-14-24)9-7-8-10-27-19-20-29(23(27)2)21-26-17-18-30(22-26)28-11-5-4-6-12-28/h23-30H,3-22H2,1-2H3. The Bertz CT molecular complexity index is 466. The molecule has 0 radical (unpaired) electrons. The van der Waals surface area contributed by atoms with Crippen LogP contribution in [0.1, 0.15) is 142 Å². The quantitative estimate of drug-likeness (QED) is 0.329. The molecule has 0 aliphatic heterocycles. The highest BCUT2D eigenvalue weighted by Gasteiger charge is 2.37. The molecule has 0 nitrogen and oxygen atoms in total. The van der Waals surface area contributed by atoms with Gasteiger partial charge in [0.1, 0.15) is 0 Å². The first-order valence-corrected chi connectivity index (χ1v) is 14.7. The Balaban J connectivity index is 1.10. The summed E-state index contributed by atoms with van der Waals surface area (Å²) >= 11 is 0. The smallest absolute Gasteiger partial charge is 0.0383 e. The van der Waals surface area contributed by atoms with E-state index in [1.165, 1.54) is 51.4 Å². The minimum atomic E-state index is 1.03. The van der Waals surface area contributed by atoms with Gasteiger partial charge in [0, 0.05) is 0 Å². The Labute approximate surface area is 189 Å². The van der Waals surface area contributed by atoms with Crippen LogP contribution in [0, 0.1) is 47.3 Å². The van der Waals surface area contributed by atoms with E-state index in [9.17, 15) is 0 Å². The summed E-state index contributed by atoms with van der Waals surface area (Å²) in [6.45, 7) is 5.03. The topological polar surface area (TPSA) is 0 Å². The average molecular weight is 415 g/mol. The number of hydrogen-bond acceptors (Lipinski definition) is 0. The molecule has 0 aromatic heterocycles. The van der Waals surface area contributed by atoms with Crippen LogP contribution in [-0.4, -0.2) is 0 Å². The van der Waals surface area contributed by atoms with Crippen molar-refractivity contribution in [3.8, 4) is 0 Å². The fourth-order valence-electron chi connectivity index (χ4n) is 8.64. The van der Waals surface area contributed by atoms with Crippen LogP contribution in [-0.2, 0) is 0 Å². The highest BCUT2D eigenvalue weighted by molar-refractivity contribution is 4.88. The van der Waals surface area contributed by atoms with Crippen molar-refractivity contribution in [2.75, 3.05) is 0 Å². The van der Waals surface area contributed by atoms with Crippen molar-refractivity contribution in [1.29, 1.82) is 0 Å². The second-order valence-corrected chi connectivity index (χ2v) is 12.6. The van der Waals surface area contributed by atoms with E-state index in [0.29, 0.717) is 0 Å². The number of rotatable bonds is 9. The van der Waals surface area contributed by atoms with Crippen molar-refractivity contribution in [3.63, 3.8) is 0 Å². The monoisotopic (exact) mass is 414 g/mol. The summed E-state index contributed by atoms with van der Waals surface area (Å²) in [4.78, 5) is 0. The van der Waals surface area contributed by atoms with Crippen molar-refractivity contribution in [2.24, 2.45) is 47.3 Å². The lowest BCUT2D eigenvalue weighted by atomic mass is 9.77. The van der Waals surface area contributed by atoms with Crippen molar-refractivity contribution < 1.29 is 0 Å². The lowest BCUT2D eigenvalue weighted by molar-refractivity contribution is 0.231. The average Bonchev–Trinajstić information content (AvgIpc) is 3.40. The second-order valence-electron chi connectivity index (χ2n) is 12.6. The Kier molecular flexibility index (Phi) is 9.07. The van der Waals surface area contributed by atoms with E-state index in [1.54, 1.807) is 77.0 Å². The molecule has 0 heterocycles. The lowest BCUT2D eigenvalue weighted by Gasteiger charge is -2.28. The summed E-state index contributed by atoms with van der Waals surface area (Å²) < 4.78 is 0. The third-order valence-electron chi connectivity index (χ3n) is 10.9. The van der Waals surface area contributed by atoms with E-state index in [1.807, 2.05) is 0 Å². The highest BCUT2D eigenvalue weighted by Crippen LogP contribution is 2.48. The largest absolute Gasteiger partial charge is 0.0651 e. The number of hydrogen-bond donors (Lipinski definition) is 0. The maximum atomic E-state index is 2.64. The molecular formula is C30H54. The van der Waals surface area contributed by atoms with Gasteiger partial charge < -0.3 is 0 Å². The maximum absolute atomic E-state index is 2.64. The molecule has 4 aliphatic carbocycles. The predicted octanol–water partition coefficient (Wildman–Crippen LogP) is 9.81. The van der Waals surface area contributed by atoms with Crippen molar-refractivity contribution in [1.82, 2.24) is 0 Å². The van der Waals surface area contributed by atoms with Crippen LogP contribution >= 0.6 is 0 Å². The molecule has 4 fully saturated rings. The summed E-state index contributed by atoms with van der Waals surface area (Å²) in [7, 11) is 0.